The summed E-state index contributed by atoms with van der Waals surface area (Å²) in [6.07, 6.45) is 8.19. The van der Waals surface area contributed by atoms with Crippen LogP contribution < -0.4 is 0 Å². The van der Waals surface area contributed by atoms with Crippen LogP contribution in [-0.2, 0) is 19.8 Å². The second kappa shape index (κ2) is 12.2. The van der Waals surface area contributed by atoms with Gasteiger partial charge in [0.05, 0.1) is 11.0 Å². The molecule has 4 aliphatic rings. The van der Waals surface area contributed by atoms with E-state index in [1.54, 1.807) is 17.0 Å². The first-order chi connectivity index (χ1) is 21.9. The number of rotatable bonds is 7. The average Bonchev–Trinajstić information content (AvgIpc) is 3.47. The maximum Gasteiger partial charge on any atom is 0.335 e. The van der Waals surface area contributed by atoms with Crippen LogP contribution in [-0.4, -0.2) is 82.8 Å². The van der Waals surface area contributed by atoms with E-state index in [2.05, 4.69) is 45.1 Å². The molecule has 0 aromatic heterocycles. The summed E-state index contributed by atoms with van der Waals surface area (Å²) in [4.78, 5) is 57.0. The van der Waals surface area contributed by atoms with Crippen molar-refractivity contribution in [3.8, 4) is 0 Å². The van der Waals surface area contributed by atoms with Gasteiger partial charge in [-0.25, -0.2) is 4.79 Å². The number of hydrogen-bond donors (Lipinski definition) is 1. The van der Waals surface area contributed by atoms with E-state index < -0.39 is 11.4 Å². The summed E-state index contributed by atoms with van der Waals surface area (Å²) >= 11 is 0. The molecule has 0 bridgehead atoms. The molecule has 2 saturated heterocycles. The van der Waals surface area contributed by atoms with E-state index in [1.165, 1.54) is 11.1 Å². The number of amides is 3. The van der Waals surface area contributed by atoms with Crippen LogP contribution in [0.2, 0.25) is 0 Å². The number of carbonyl (C=O) groups is 4. The molecule has 8 nitrogen and oxygen atoms in total. The molecular weight excluding hydrogens is 578 g/mol. The number of carboxylic acids is 1. The Morgan fingerprint density at radius 2 is 1.57 bits per heavy atom. The molecule has 46 heavy (non-hydrogen) atoms. The molecule has 2 aromatic rings. The number of carboxylic acid groups (broad SMARTS) is 1. The number of nitrogens with zero attached hydrogens (tertiary/aromatic N) is 3. The van der Waals surface area contributed by atoms with Gasteiger partial charge in [-0.15, -0.1) is 0 Å². The Labute approximate surface area is 271 Å². The van der Waals surface area contributed by atoms with Crippen molar-refractivity contribution in [2.24, 2.45) is 10.8 Å². The van der Waals surface area contributed by atoms with E-state index in [1.807, 2.05) is 40.1 Å². The molecule has 0 spiro atoms. The predicted octanol–water partition coefficient (Wildman–Crippen LogP) is 5.55. The molecule has 1 N–H and O–H groups in total. The van der Waals surface area contributed by atoms with Gasteiger partial charge < -0.3 is 19.8 Å². The highest BCUT2D eigenvalue weighted by Gasteiger charge is 2.50. The Bertz CT molecular complexity index is 1580. The minimum Gasteiger partial charge on any atom is -0.478 e. The largest absolute Gasteiger partial charge is 0.478 e. The van der Waals surface area contributed by atoms with Crippen LogP contribution in [0, 0.1) is 10.8 Å². The lowest BCUT2D eigenvalue weighted by molar-refractivity contribution is -0.144. The number of carbonyl (C=O) groups excluding carboxylic acids is 3. The van der Waals surface area contributed by atoms with E-state index in [0.717, 1.165) is 30.5 Å². The van der Waals surface area contributed by atoms with Crippen molar-refractivity contribution >= 4 is 29.3 Å². The highest BCUT2D eigenvalue weighted by atomic mass is 16.4. The SMILES string of the molecule is CC1(C)C(c2ccc(C(=O)O)cc2)=CC[C@]2(C)CN(C(=O)C3(c4ccccc4)CCN(C(=O)CCN4CCCC4=O)CC3)CC=C12. The zero-order valence-electron chi connectivity index (χ0n) is 27.3. The van der Waals surface area contributed by atoms with Crippen molar-refractivity contribution in [1.29, 1.82) is 0 Å². The Kier molecular flexibility index (Phi) is 8.42. The van der Waals surface area contributed by atoms with E-state index >= 15 is 0 Å². The average molecular weight is 624 g/mol. The number of piperidine rings is 1. The molecule has 0 radical (unpaired) electrons. The van der Waals surface area contributed by atoms with E-state index in [0.29, 0.717) is 58.4 Å². The Morgan fingerprint density at radius 3 is 2.20 bits per heavy atom. The number of allylic oxidation sites excluding steroid dienone is 2. The molecule has 1 atom stereocenters. The number of fused-ring (bicyclic) bond motifs is 1. The maximum absolute atomic E-state index is 14.7. The molecule has 242 valence electrons. The molecule has 1 aliphatic carbocycles. The third-order valence-electron chi connectivity index (χ3n) is 11.0. The first-order valence-corrected chi connectivity index (χ1v) is 16.6. The van der Waals surface area contributed by atoms with Crippen molar-refractivity contribution < 1.29 is 24.3 Å². The molecule has 0 unspecified atom stereocenters. The summed E-state index contributed by atoms with van der Waals surface area (Å²) in [5.41, 5.74) is 3.57. The van der Waals surface area contributed by atoms with Crippen LogP contribution in [0.25, 0.3) is 5.57 Å². The van der Waals surface area contributed by atoms with Crippen LogP contribution >= 0.6 is 0 Å². The number of benzene rings is 2. The van der Waals surface area contributed by atoms with Crippen LogP contribution in [0.4, 0.5) is 0 Å². The summed E-state index contributed by atoms with van der Waals surface area (Å²) < 4.78 is 0. The van der Waals surface area contributed by atoms with Gasteiger partial charge in [0.15, 0.2) is 0 Å². The second-order valence-electron chi connectivity index (χ2n) is 14.3. The fourth-order valence-electron chi connectivity index (χ4n) is 8.51. The van der Waals surface area contributed by atoms with E-state index in [4.69, 9.17) is 0 Å². The highest BCUT2D eigenvalue weighted by molar-refractivity contribution is 5.90. The third kappa shape index (κ3) is 5.67. The molecule has 2 aromatic carbocycles. The van der Waals surface area contributed by atoms with Crippen molar-refractivity contribution in [3.05, 3.63) is 89.0 Å². The smallest absolute Gasteiger partial charge is 0.335 e. The molecule has 0 saturated carbocycles. The fourth-order valence-corrected chi connectivity index (χ4v) is 8.51. The third-order valence-corrected chi connectivity index (χ3v) is 11.0. The van der Waals surface area contributed by atoms with Crippen LogP contribution in [0.15, 0.2) is 72.3 Å². The van der Waals surface area contributed by atoms with Crippen molar-refractivity contribution in [2.75, 3.05) is 39.3 Å². The topological polar surface area (TPSA) is 98.2 Å². The molecule has 6 rings (SSSR count). The lowest BCUT2D eigenvalue weighted by Crippen LogP contribution is -2.57. The van der Waals surface area contributed by atoms with Gasteiger partial charge in [-0.05, 0) is 54.5 Å². The maximum atomic E-state index is 14.7. The number of hydrogen-bond acceptors (Lipinski definition) is 4. The van der Waals surface area contributed by atoms with Crippen molar-refractivity contribution in [1.82, 2.24) is 14.7 Å². The number of likely N-dealkylation sites (tertiary alicyclic amines) is 2. The summed E-state index contributed by atoms with van der Waals surface area (Å²) in [5.74, 6) is -0.620. The summed E-state index contributed by atoms with van der Waals surface area (Å²) in [5, 5.41) is 9.35. The predicted molar refractivity (Wildman–Crippen MR) is 177 cm³/mol. The standard InChI is InChI=1S/C38H45N3O5/c1-36(2)30(27-11-13-28(14-12-27)34(44)45)15-18-37(3)26-41(22-16-31(36)37)35(46)38(29-8-5-4-6-9-29)19-24-40(25-20-38)33(43)17-23-39-21-7-10-32(39)42/h4-6,8-9,11-16H,7,10,17-26H2,1-3H3,(H,44,45)/t37-/m1/s1. The Hall–Kier alpha value is -4.20. The molecule has 3 heterocycles. The van der Waals surface area contributed by atoms with Gasteiger partial charge in [0.25, 0.3) is 0 Å². The van der Waals surface area contributed by atoms with Gasteiger partial charge in [-0.2, -0.15) is 0 Å². The first kappa shape index (κ1) is 31.8. The van der Waals surface area contributed by atoms with Crippen LogP contribution in [0.1, 0.15) is 80.8 Å². The van der Waals surface area contributed by atoms with Gasteiger partial charge >= 0.3 is 5.97 Å². The molecule has 2 fully saturated rings. The number of aromatic carboxylic acids is 1. The van der Waals surface area contributed by atoms with E-state index in [9.17, 15) is 24.3 Å². The lowest BCUT2D eigenvalue weighted by atomic mass is 9.58. The molecular formula is C38H45N3O5. The van der Waals surface area contributed by atoms with Crippen LogP contribution in [0.3, 0.4) is 0 Å². The zero-order chi connectivity index (χ0) is 32.7. The minimum atomic E-state index is -0.934. The second-order valence-corrected chi connectivity index (χ2v) is 14.3. The summed E-state index contributed by atoms with van der Waals surface area (Å²) in [7, 11) is 0. The normalized spacial score (nSPS) is 23.8. The monoisotopic (exact) mass is 623 g/mol. The minimum absolute atomic E-state index is 0.0523. The molecule has 8 heteroatoms. The summed E-state index contributed by atoms with van der Waals surface area (Å²) in [6, 6.07) is 17.2. The van der Waals surface area contributed by atoms with Crippen molar-refractivity contribution in [2.45, 2.75) is 64.7 Å². The molecule has 3 aliphatic heterocycles. The zero-order valence-corrected chi connectivity index (χ0v) is 27.3. The fraction of sp³-hybridized carbons (Fsp3) is 0.474. The highest BCUT2D eigenvalue weighted by Crippen LogP contribution is 2.55. The van der Waals surface area contributed by atoms with E-state index in [-0.39, 0.29) is 34.1 Å². The first-order valence-electron chi connectivity index (χ1n) is 16.6. The Balaban J connectivity index is 1.20. The molecule has 3 amide bonds. The van der Waals surface area contributed by atoms with Gasteiger partial charge in [0.2, 0.25) is 17.7 Å². The van der Waals surface area contributed by atoms with Gasteiger partial charge in [-0.3, -0.25) is 14.4 Å². The lowest BCUT2D eigenvalue weighted by Gasteiger charge is -2.52. The van der Waals surface area contributed by atoms with Gasteiger partial charge in [0.1, 0.15) is 0 Å². The Morgan fingerprint density at radius 1 is 0.870 bits per heavy atom. The summed E-state index contributed by atoms with van der Waals surface area (Å²) in [6.45, 7) is 10.1. The quantitative estimate of drug-likeness (QED) is 0.408. The van der Waals surface area contributed by atoms with Gasteiger partial charge in [0, 0.05) is 62.9 Å². The van der Waals surface area contributed by atoms with Crippen molar-refractivity contribution in [3.63, 3.8) is 0 Å². The van der Waals surface area contributed by atoms with Gasteiger partial charge in [-0.1, -0.05) is 81.0 Å². The van der Waals surface area contributed by atoms with Crippen LogP contribution in [0.5, 0.6) is 0 Å².